The second-order valence-electron chi connectivity index (χ2n) is 14.7. The zero-order chi connectivity index (χ0) is 26.5. The molecule has 0 aliphatic heterocycles. The summed E-state index contributed by atoms with van der Waals surface area (Å²) in [5.74, 6) is 3.86. The Bertz CT molecular complexity index is 828. The first-order valence-electron chi connectivity index (χ1n) is 15.1. The van der Waals surface area contributed by atoms with Crippen molar-refractivity contribution in [3.8, 4) is 0 Å². The van der Waals surface area contributed by atoms with Crippen molar-refractivity contribution in [2.45, 2.75) is 137 Å². The number of aliphatic hydroxyl groups is 1. The molecule has 3 saturated carbocycles. The summed E-state index contributed by atoms with van der Waals surface area (Å²) in [6.07, 6.45) is 15.5. The largest absolute Gasteiger partial charge is 0.461 e. The van der Waals surface area contributed by atoms with Gasteiger partial charge in [0.1, 0.15) is 12.1 Å². The number of esters is 1. The maximum Gasteiger partial charge on any atom is 0.323 e. The third-order valence-electron chi connectivity index (χ3n) is 11.5. The summed E-state index contributed by atoms with van der Waals surface area (Å²) >= 11 is 0. The molecule has 0 aromatic rings. The van der Waals surface area contributed by atoms with Crippen LogP contribution in [0.4, 0.5) is 0 Å². The average molecular weight is 502 g/mol. The molecule has 0 bridgehead atoms. The van der Waals surface area contributed by atoms with E-state index in [4.69, 9.17) is 10.5 Å². The second kappa shape index (κ2) is 10.4. The van der Waals surface area contributed by atoms with E-state index in [0.29, 0.717) is 5.41 Å². The number of hydrogen-bond acceptors (Lipinski definition) is 4. The molecule has 0 radical (unpaired) electrons. The van der Waals surface area contributed by atoms with Crippen molar-refractivity contribution in [2.75, 3.05) is 0 Å². The van der Waals surface area contributed by atoms with Gasteiger partial charge in [0.2, 0.25) is 0 Å². The Morgan fingerprint density at radius 1 is 1.14 bits per heavy atom. The Balaban J connectivity index is 1.42. The molecule has 0 aromatic carbocycles. The zero-order valence-corrected chi connectivity index (χ0v) is 24.3. The van der Waals surface area contributed by atoms with E-state index in [1.165, 1.54) is 38.5 Å². The number of hydrogen-bond donors (Lipinski definition) is 2. The topological polar surface area (TPSA) is 72.6 Å². The highest BCUT2D eigenvalue weighted by molar-refractivity contribution is 5.76. The minimum Gasteiger partial charge on any atom is -0.461 e. The quantitative estimate of drug-likeness (QED) is 0.276. The number of fused-ring (bicyclic) bond motifs is 5. The first kappa shape index (κ1) is 28.1. The number of allylic oxidation sites excluding steroid dienone is 1. The number of carbonyl (C=O) groups excluding carboxylic acids is 1. The number of ether oxygens (including phenoxy) is 1. The predicted octanol–water partition coefficient (Wildman–Crippen LogP) is 7.04. The van der Waals surface area contributed by atoms with Crippen molar-refractivity contribution in [1.29, 1.82) is 0 Å². The van der Waals surface area contributed by atoms with E-state index in [0.717, 1.165) is 61.7 Å². The van der Waals surface area contributed by atoms with Crippen LogP contribution in [0.5, 0.6) is 0 Å². The first-order valence-corrected chi connectivity index (χ1v) is 15.1. The third kappa shape index (κ3) is 5.33. The lowest BCUT2D eigenvalue weighted by Crippen LogP contribution is -2.51. The fraction of sp³-hybridized carbons (Fsp3) is 0.906. The van der Waals surface area contributed by atoms with Crippen LogP contribution in [0.3, 0.4) is 0 Å². The Kier molecular flexibility index (Phi) is 8.10. The van der Waals surface area contributed by atoms with Gasteiger partial charge in [-0.15, -0.1) is 0 Å². The van der Waals surface area contributed by atoms with Crippen LogP contribution in [0.25, 0.3) is 0 Å². The van der Waals surface area contributed by atoms with Gasteiger partial charge in [0.15, 0.2) is 0 Å². The van der Waals surface area contributed by atoms with Crippen molar-refractivity contribution in [3.05, 3.63) is 11.6 Å². The van der Waals surface area contributed by atoms with Crippen LogP contribution in [-0.4, -0.2) is 28.8 Å². The average Bonchev–Trinajstić information content (AvgIpc) is 3.15. The monoisotopic (exact) mass is 501 g/mol. The zero-order valence-electron chi connectivity index (χ0n) is 24.3. The van der Waals surface area contributed by atoms with Gasteiger partial charge in [-0.1, -0.05) is 59.1 Å². The Labute approximate surface area is 221 Å². The van der Waals surface area contributed by atoms with Crippen molar-refractivity contribution in [2.24, 2.45) is 52.1 Å². The van der Waals surface area contributed by atoms with Gasteiger partial charge < -0.3 is 15.6 Å². The lowest BCUT2D eigenvalue weighted by molar-refractivity contribution is -0.154. The molecule has 0 spiro atoms. The maximum atomic E-state index is 12.5. The molecule has 4 nitrogen and oxygen atoms in total. The standard InChI is InChI=1S/C32H55NO3/c1-20(2)28(33)29(34)36-23-14-17-31(6)22(19-23)10-11-24-26-13-12-25(32(26,7)18-15-27(24)31)21(3)9-8-16-30(4,5)35/h10,20-21,23-28,35H,8-9,11-19,33H2,1-7H3/t21-,23+,24+,25-,26+,27+,28+,31+,32-/m1/s1. The van der Waals surface area contributed by atoms with Crippen LogP contribution < -0.4 is 5.73 Å². The van der Waals surface area contributed by atoms with Gasteiger partial charge in [-0.3, -0.25) is 4.79 Å². The minimum absolute atomic E-state index is 0.00681. The third-order valence-corrected chi connectivity index (χ3v) is 11.5. The van der Waals surface area contributed by atoms with Crippen LogP contribution >= 0.6 is 0 Å². The summed E-state index contributed by atoms with van der Waals surface area (Å²) in [5.41, 5.74) is 7.82. The van der Waals surface area contributed by atoms with Gasteiger partial charge in [-0.25, -0.2) is 0 Å². The number of nitrogens with two attached hydrogens (primary N) is 1. The molecule has 9 atom stereocenters. The van der Waals surface area contributed by atoms with E-state index in [1.807, 2.05) is 27.7 Å². The minimum atomic E-state index is -0.542. The number of rotatable bonds is 8. The summed E-state index contributed by atoms with van der Waals surface area (Å²) in [5, 5.41) is 10.2. The van der Waals surface area contributed by atoms with Gasteiger partial charge in [0.25, 0.3) is 0 Å². The van der Waals surface area contributed by atoms with E-state index in [-0.39, 0.29) is 23.4 Å². The Morgan fingerprint density at radius 3 is 2.53 bits per heavy atom. The smallest absolute Gasteiger partial charge is 0.323 e. The van der Waals surface area contributed by atoms with Gasteiger partial charge >= 0.3 is 5.97 Å². The van der Waals surface area contributed by atoms with E-state index in [9.17, 15) is 9.90 Å². The highest BCUT2D eigenvalue weighted by Crippen LogP contribution is 2.67. The van der Waals surface area contributed by atoms with Gasteiger partial charge in [-0.05, 0) is 112 Å². The first-order chi connectivity index (χ1) is 16.8. The summed E-state index contributed by atoms with van der Waals surface area (Å²) in [7, 11) is 0. The van der Waals surface area contributed by atoms with Crippen molar-refractivity contribution in [1.82, 2.24) is 0 Å². The lowest BCUT2D eigenvalue weighted by Gasteiger charge is -2.58. The molecular formula is C32H55NO3. The van der Waals surface area contributed by atoms with Gasteiger partial charge in [0, 0.05) is 6.42 Å². The van der Waals surface area contributed by atoms with Crippen LogP contribution in [-0.2, 0) is 9.53 Å². The summed E-state index contributed by atoms with van der Waals surface area (Å²) < 4.78 is 5.90. The van der Waals surface area contributed by atoms with Crippen LogP contribution in [0.15, 0.2) is 11.6 Å². The molecule has 0 unspecified atom stereocenters. The predicted molar refractivity (Wildman–Crippen MR) is 147 cm³/mol. The molecule has 3 N–H and O–H groups in total. The molecule has 0 heterocycles. The fourth-order valence-electron chi connectivity index (χ4n) is 9.28. The highest BCUT2D eigenvalue weighted by Gasteiger charge is 2.59. The molecule has 4 aliphatic carbocycles. The van der Waals surface area contributed by atoms with E-state index in [2.05, 4.69) is 26.8 Å². The van der Waals surface area contributed by atoms with E-state index in [1.54, 1.807) is 5.57 Å². The van der Waals surface area contributed by atoms with Crippen LogP contribution in [0.2, 0.25) is 0 Å². The van der Waals surface area contributed by atoms with Crippen LogP contribution in [0, 0.1) is 46.3 Å². The maximum absolute atomic E-state index is 12.5. The van der Waals surface area contributed by atoms with Crippen molar-refractivity contribution in [3.63, 3.8) is 0 Å². The SMILES string of the molecule is CC(C)[C@H](N)C(=O)O[C@H]1CC[C@@]2(C)C(=CC[C@H]3[C@@H]4CC[C@H]([C@H](C)CCCC(C)(C)O)[C@@]4(C)CC[C@@H]32)C1. The summed E-state index contributed by atoms with van der Waals surface area (Å²) in [6, 6.07) is -0.521. The molecule has 0 saturated heterocycles. The van der Waals surface area contributed by atoms with Crippen LogP contribution in [0.1, 0.15) is 119 Å². The molecule has 0 amide bonds. The normalized spacial score (nSPS) is 40.1. The van der Waals surface area contributed by atoms with Crippen molar-refractivity contribution >= 4 is 5.97 Å². The van der Waals surface area contributed by atoms with Crippen molar-refractivity contribution < 1.29 is 14.6 Å². The van der Waals surface area contributed by atoms with E-state index < -0.39 is 11.6 Å². The Morgan fingerprint density at radius 2 is 1.86 bits per heavy atom. The molecule has 4 heteroatoms. The molecule has 0 aromatic heterocycles. The molecule has 4 rings (SSSR count). The molecule has 36 heavy (non-hydrogen) atoms. The number of carbonyl (C=O) groups is 1. The summed E-state index contributed by atoms with van der Waals surface area (Å²) in [4.78, 5) is 12.5. The Hall–Kier alpha value is -0.870. The van der Waals surface area contributed by atoms with Gasteiger partial charge in [-0.2, -0.15) is 0 Å². The van der Waals surface area contributed by atoms with Gasteiger partial charge in [0.05, 0.1) is 5.60 Å². The molecule has 206 valence electrons. The molecular weight excluding hydrogens is 446 g/mol. The fourth-order valence-corrected chi connectivity index (χ4v) is 9.28. The molecule has 3 fully saturated rings. The second-order valence-corrected chi connectivity index (χ2v) is 14.7. The lowest BCUT2D eigenvalue weighted by atomic mass is 9.47. The molecule has 4 aliphatic rings. The van der Waals surface area contributed by atoms with E-state index >= 15 is 0 Å². The summed E-state index contributed by atoms with van der Waals surface area (Å²) in [6.45, 7) is 15.5. The highest BCUT2D eigenvalue weighted by atomic mass is 16.5.